The molecule has 3 aromatic heterocycles. The molecular formula is C20H22ClN7. The van der Waals surface area contributed by atoms with E-state index in [1.165, 1.54) is 0 Å². The van der Waals surface area contributed by atoms with Crippen molar-refractivity contribution in [2.75, 3.05) is 12.4 Å². The van der Waals surface area contributed by atoms with Gasteiger partial charge in [-0.3, -0.25) is 0 Å². The molecule has 144 valence electrons. The predicted molar refractivity (Wildman–Crippen MR) is 113 cm³/mol. The number of benzene rings is 1. The Bertz CT molecular complexity index is 1160. The van der Waals surface area contributed by atoms with Crippen molar-refractivity contribution in [3.8, 4) is 5.82 Å². The zero-order chi connectivity index (χ0) is 19.8. The van der Waals surface area contributed by atoms with E-state index < -0.39 is 0 Å². The minimum atomic E-state index is 0.504. The van der Waals surface area contributed by atoms with Crippen molar-refractivity contribution in [3.63, 3.8) is 0 Å². The summed E-state index contributed by atoms with van der Waals surface area (Å²) in [7, 11) is 3.93. The largest absolute Gasteiger partial charge is 0.346 e. The predicted octanol–water partition coefficient (Wildman–Crippen LogP) is 3.89. The van der Waals surface area contributed by atoms with Gasteiger partial charge in [-0.25, -0.2) is 9.67 Å². The Hall–Kier alpha value is -2.90. The summed E-state index contributed by atoms with van der Waals surface area (Å²) < 4.78 is 3.86. The molecule has 0 unspecified atom stereocenters. The van der Waals surface area contributed by atoms with Gasteiger partial charge >= 0.3 is 0 Å². The fourth-order valence-corrected chi connectivity index (χ4v) is 3.53. The van der Waals surface area contributed by atoms with E-state index in [0.29, 0.717) is 11.8 Å². The molecule has 4 rings (SSSR count). The molecule has 0 saturated carbocycles. The summed E-state index contributed by atoms with van der Waals surface area (Å²) >= 11 is 6.47. The van der Waals surface area contributed by atoms with Crippen LogP contribution in [0.25, 0.3) is 16.7 Å². The van der Waals surface area contributed by atoms with Crippen molar-refractivity contribution >= 4 is 34.1 Å². The normalized spacial score (nSPS) is 11.3. The molecule has 28 heavy (non-hydrogen) atoms. The molecule has 2 N–H and O–H groups in total. The second-order valence-electron chi connectivity index (χ2n) is 6.77. The minimum Gasteiger partial charge on any atom is -0.346 e. The van der Waals surface area contributed by atoms with Gasteiger partial charge in [0.15, 0.2) is 5.82 Å². The van der Waals surface area contributed by atoms with Gasteiger partial charge in [0.25, 0.3) is 0 Å². The molecule has 7 nitrogen and oxygen atoms in total. The molecular weight excluding hydrogens is 374 g/mol. The second kappa shape index (κ2) is 7.26. The van der Waals surface area contributed by atoms with Crippen LogP contribution in [-0.2, 0) is 13.6 Å². The summed E-state index contributed by atoms with van der Waals surface area (Å²) in [5.74, 6) is 1.21. The monoisotopic (exact) mass is 395 g/mol. The molecule has 8 heteroatoms. The standard InChI is InChI=1S/C20H22ClN7/c1-12-14(10-22-3)11-28(26-12)18-7-8-23-20(25-18)24-15-5-6-17-16(9-15)19(21)13(2)27(17)4/h5-9,11,22H,10H2,1-4H3,(H,23,24,25). The smallest absolute Gasteiger partial charge is 0.229 e. The summed E-state index contributed by atoms with van der Waals surface area (Å²) in [5.41, 5.74) is 5.12. The maximum absolute atomic E-state index is 6.47. The highest BCUT2D eigenvalue weighted by molar-refractivity contribution is 6.36. The number of aromatic nitrogens is 5. The molecule has 0 fully saturated rings. The van der Waals surface area contributed by atoms with Crippen LogP contribution in [0.2, 0.25) is 5.02 Å². The number of hydrogen-bond acceptors (Lipinski definition) is 5. The van der Waals surface area contributed by atoms with Crippen LogP contribution in [0.15, 0.2) is 36.7 Å². The molecule has 1 aromatic carbocycles. The van der Waals surface area contributed by atoms with E-state index >= 15 is 0 Å². The van der Waals surface area contributed by atoms with Crippen LogP contribution < -0.4 is 10.6 Å². The van der Waals surface area contributed by atoms with Crippen molar-refractivity contribution in [2.24, 2.45) is 7.05 Å². The van der Waals surface area contributed by atoms with E-state index in [4.69, 9.17) is 11.6 Å². The van der Waals surface area contributed by atoms with E-state index in [2.05, 4.69) is 30.3 Å². The van der Waals surface area contributed by atoms with Gasteiger partial charge in [-0.05, 0) is 39.1 Å². The summed E-state index contributed by atoms with van der Waals surface area (Å²) in [6, 6.07) is 7.89. The van der Waals surface area contributed by atoms with Crippen molar-refractivity contribution in [3.05, 3.63) is 58.6 Å². The summed E-state index contributed by atoms with van der Waals surface area (Å²) in [4.78, 5) is 8.93. The van der Waals surface area contributed by atoms with Crippen molar-refractivity contribution < 1.29 is 0 Å². The van der Waals surface area contributed by atoms with E-state index in [1.54, 1.807) is 10.9 Å². The zero-order valence-corrected chi connectivity index (χ0v) is 17.0. The number of anilines is 2. The number of nitrogens with one attached hydrogen (secondary N) is 2. The zero-order valence-electron chi connectivity index (χ0n) is 16.3. The van der Waals surface area contributed by atoms with Crippen LogP contribution in [-0.4, -0.2) is 31.4 Å². The average molecular weight is 396 g/mol. The van der Waals surface area contributed by atoms with Crippen LogP contribution in [0.5, 0.6) is 0 Å². The molecule has 4 aromatic rings. The van der Waals surface area contributed by atoms with Gasteiger partial charge in [-0.1, -0.05) is 11.6 Å². The molecule has 0 atom stereocenters. The number of aryl methyl sites for hydroxylation is 2. The first-order chi connectivity index (χ1) is 13.5. The number of hydrogen-bond donors (Lipinski definition) is 2. The van der Waals surface area contributed by atoms with Gasteiger partial charge in [0.2, 0.25) is 5.95 Å². The molecule has 3 heterocycles. The Morgan fingerprint density at radius 3 is 2.79 bits per heavy atom. The number of halogens is 1. The quantitative estimate of drug-likeness (QED) is 0.536. The maximum atomic E-state index is 6.47. The fraction of sp³-hybridized carbons (Fsp3) is 0.250. The van der Waals surface area contributed by atoms with Gasteiger partial charge < -0.3 is 15.2 Å². The van der Waals surface area contributed by atoms with E-state index in [1.807, 2.05) is 58.4 Å². The van der Waals surface area contributed by atoms with Crippen LogP contribution in [0.4, 0.5) is 11.6 Å². The Morgan fingerprint density at radius 1 is 1.18 bits per heavy atom. The van der Waals surface area contributed by atoms with Crippen molar-refractivity contribution in [1.29, 1.82) is 0 Å². The van der Waals surface area contributed by atoms with Crippen LogP contribution >= 0.6 is 11.6 Å². The first-order valence-electron chi connectivity index (χ1n) is 9.02. The minimum absolute atomic E-state index is 0.504. The van der Waals surface area contributed by atoms with Gasteiger partial charge in [-0.2, -0.15) is 10.1 Å². The molecule has 0 bridgehead atoms. The van der Waals surface area contributed by atoms with Gasteiger partial charge in [0, 0.05) is 59.9 Å². The van der Waals surface area contributed by atoms with Crippen LogP contribution in [0, 0.1) is 13.8 Å². The summed E-state index contributed by atoms with van der Waals surface area (Å²) in [5, 5.41) is 12.7. The van der Waals surface area contributed by atoms with Crippen LogP contribution in [0.3, 0.4) is 0 Å². The van der Waals surface area contributed by atoms with E-state index in [0.717, 1.165) is 45.1 Å². The molecule has 0 saturated heterocycles. The molecule has 0 spiro atoms. The number of rotatable bonds is 5. The van der Waals surface area contributed by atoms with Crippen molar-refractivity contribution in [1.82, 2.24) is 29.6 Å². The topological polar surface area (TPSA) is 72.6 Å². The Balaban J connectivity index is 1.64. The number of nitrogens with zero attached hydrogens (tertiary/aromatic N) is 5. The lowest BCUT2D eigenvalue weighted by atomic mass is 10.2. The molecule has 0 amide bonds. The van der Waals surface area contributed by atoms with Crippen molar-refractivity contribution in [2.45, 2.75) is 20.4 Å². The summed E-state index contributed by atoms with van der Waals surface area (Å²) in [6.45, 7) is 4.76. The molecule has 0 aliphatic heterocycles. The first-order valence-corrected chi connectivity index (χ1v) is 9.40. The number of fused-ring (bicyclic) bond motifs is 1. The third-order valence-corrected chi connectivity index (χ3v) is 5.39. The van der Waals surface area contributed by atoms with Crippen LogP contribution in [0.1, 0.15) is 17.0 Å². The molecule has 0 radical (unpaired) electrons. The third kappa shape index (κ3) is 3.23. The summed E-state index contributed by atoms with van der Waals surface area (Å²) in [6.07, 6.45) is 3.70. The lowest BCUT2D eigenvalue weighted by Gasteiger charge is -2.07. The fourth-order valence-electron chi connectivity index (χ4n) is 3.25. The van der Waals surface area contributed by atoms with Gasteiger partial charge in [0.1, 0.15) is 0 Å². The molecule has 0 aliphatic carbocycles. The van der Waals surface area contributed by atoms with E-state index in [-0.39, 0.29) is 0 Å². The molecule has 0 aliphatic rings. The highest BCUT2D eigenvalue weighted by Gasteiger charge is 2.12. The van der Waals surface area contributed by atoms with Gasteiger partial charge in [-0.15, -0.1) is 0 Å². The highest BCUT2D eigenvalue weighted by Crippen LogP contribution is 2.31. The average Bonchev–Trinajstić information content (AvgIpc) is 3.16. The van der Waals surface area contributed by atoms with Gasteiger partial charge in [0.05, 0.1) is 10.7 Å². The lowest BCUT2D eigenvalue weighted by molar-refractivity contribution is 0.811. The maximum Gasteiger partial charge on any atom is 0.229 e. The SMILES string of the molecule is CNCc1cn(-c2ccnc(Nc3ccc4c(c3)c(Cl)c(C)n4C)n2)nc1C. The van der Waals surface area contributed by atoms with E-state index in [9.17, 15) is 0 Å². The third-order valence-electron chi connectivity index (χ3n) is 4.91. The Kier molecular flexibility index (Phi) is 4.78. The highest BCUT2D eigenvalue weighted by atomic mass is 35.5. The Morgan fingerprint density at radius 2 is 2.00 bits per heavy atom. The first kappa shape index (κ1) is 18.5. The Labute approximate surface area is 168 Å². The lowest BCUT2D eigenvalue weighted by Crippen LogP contribution is -2.05. The second-order valence-corrected chi connectivity index (χ2v) is 7.15.